The summed E-state index contributed by atoms with van der Waals surface area (Å²) >= 11 is 0. The van der Waals surface area contributed by atoms with Crippen molar-refractivity contribution in [2.45, 2.75) is 25.4 Å². The van der Waals surface area contributed by atoms with Gasteiger partial charge in [0.25, 0.3) is 0 Å². The minimum atomic E-state index is -0.472. The second-order valence-electron chi connectivity index (χ2n) is 5.86. The second-order valence-corrected chi connectivity index (χ2v) is 5.86. The fourth-order valence-corrected chi connectivity index (χ4v) is 5.00. The van der Waals surface area contributed by atoms with Gasteiger partial charge in [-0.25, -0.2) is 0 Å². The van der Waals surface area contributed by atoms with Gasteiger partial charge in [0.15, 0.2) is 0 Å². The maximum atomic E-state index is 12.3. The van der Waals surface area contributed by atoms with Crippen molar-refractivity contribution < 1.29 is 9.53 Å². The average Bonchev–Trinajstić information content (AvgIpc) is 2.73. The molecule has 6 atom stereocenters. The number of carbonyl (C=O) groups excluding carboxylic acids is 1. The Morgan fingerprint density at radius 2 is 2.11 bits per heavy atom. The van der Waals surface area contributed by atoms with E-state index in [1.165, 1.54) is 0 Å². The number of hydrogen-bond donors (Lipinski definition) is 0. The Labute approximate surface area is 108 Å². The Kier molecular flexibility index (Phi) is 2.20. The Morgan fingerprint density at radius 3 is 2.61 bits per heavy atom. The fraction of sp³-hybridized carbons (Fsp3) is 0.562. The third-order valence-corrected chi connectivity index (χ3v) is 5.62. The van der Waals surface area contributed by atoms with Crippen LogP contribution in [0, 0.1) is 29.1 Å². The molecule has 3 fully saturated rings. The molecule has 2 heteroatoms. The molecule has 96 valence electrons. The molecular formula is C16H20O2. The summed E-state index contributed by atoms with van der Waals surface area (Å²) in [4.78, 5) is 12.3. The summed E-state index contributed by atoms with van der Waals surface area (Å²) < 4.78 is 5.76. The number of rotatable bonds is 4. The molecule has 0 aromatic carbocycles. The number of allylic oxidation sites excluding steroid dienone is 1. The van der Waals surface area contributed by atoms with E-state index in [0.717, 1.165) is 12.8 Å². The topological polar surface area (TPSA) is 26.3 Å². The largest absolute Gasteiger partial charge is 0.454 e. The molecule has 0 aromatic heterocycles. The molecule has 0 aromatic rings. The lowest BCUT2D eigenvalue weighted by Crippen LogP contribution is -2.58. The van der Waals surface area contributed by atoms with Crippen LogP contribution in [0.25, 0.3) is 0 Å². The molecule has 0 bridgehead atoms. The van der Waals surface area contributed by atoms with E-state index >= 15 is 0 Å². The number of carbonyl (C=O) groups is 1. The maximum absolute atomic E-state index is 12.3. The van der Waals surface area contributed by atoms with Crippen LogP contribution in [0.2, 0.25) is 0 Å². The van der Waals surface area contributed by atoms with Gasteiger partial charge in [0.1, 0.15) is 5.60 Å². The van der Waals surface area contributed by atoms with Crippen LogP contribution in [-0.2, 0) is 9.53 Å². The van der Waals surface area contributed by atoms with E-state index in [1.54, 1.807) is 0 Å². The van der Waals surface area contributed by atoms with Crippen LogP contribution in [-0.4, -0.2) is 11.6 Å². The lowest BCUT2D eigenvalue weighted by molar-refractivity contribution is -0.158. The summed E-state index contributed by atoms with van der Waals surface area (Å²) in [6.07, 6.45) is 7.52. The summed E-state index contributed by atoms with van der Waals surface area (Å²) in [5, 5.41) is 0. The normalized spacial score (nSPS) is 52.2. The first-order chi connectivity index (χ1) is 8.61. The number of ether oxygens (including phenoxy) is 1. The predicted octanol–water partition coefficient (Wildman–Crippen LogP) is 3.12. The van der Waals surface area contributed by atoms with Crippen LogP contribution in [0.5, 0.6) is 0 Å². The van der Waals surface area contributed by atoms with E-state index in [1.807, 2.05) is 18.2 Å². The highest BCUT2D eigenvalue weighted by Crippen LogP contribution is 2.74. The molecule has 3 aliphatic rings. The van der Waals surface area contributed by atoms with Gasteiger partial charge in [-0.05, 0) is 30.3 Å². The van der Waals surface area contributed by atoms with Crippen molar-refractivity contribution in [3.63, 3.8) is 0 Å². The van der Waals surface area contributed by atoms with Crippen LogP contribution in [0.3, 0.4) is 0 Å². The van der Waals surface area contributed by atoms with E-state index in [4.69, 9.17) is 4.74 Å². The molecule has 2 saturated carbocycles. The molecule has 0 N–H and O–H groups in total. The second kappa shape index (κ2) is 3.37. The maximum Gasteiger partial charge on any atom is 0.317 e. The molecular weight excluding hydrogens is 224 g/mol. The van der Waals surface area contributed by atoms with Crippen LogP contribution in [0.15, 0.2) is 38.0 Å². The first-order valence-corrected chi connectivity index (χ1v) is 6.74. The SMILES string of the molecule is C=C[C@@H]1C[C@@]2(C=C)OC(=O)[C@@]3(C=C)[C@H](CC)[C@@H]1[C@H]32. The molecule has 0 amide bonds. The molecule has 3 rings (SSSR count). The van der Waals surface area contributed by atoms with Gasteiger partial charge in [-0.3, -0.25) is 4.79 Å². The van der Waals surface area contributed by atoms with Gasteiger partial charge in [-0.2, -0.15) is 0 Å². The van der Waals surface area contributed by atoms with Crippen LogP contribution < -0.4 is 0 Å². The Hall–Kier alpha value is -1.31. The molecule has 0 spiro atoms. The first kappa shape index (κ1) is 11.8. The molecule has 1 saturated heterocycles. The van der Waals surface area contributed by atoms with Gasteiger partial charge in [-0.1, -0.05) is 32.1 Å². The minimum absolute atomic E-state index is 0.0898. The van der Waals surface area contributed by atoms with Crippen molar-refractivity contribution in [2.24, 2.45) is 29.1 Å². The molecule has 18 heavy (non-hydrogen) atoms. The van der Waals surface area contributed by atoms with Crippen molar-refractivity contribution in [3.05, 3.63) is 38.0 Å². The Morgan fingerprint density at radius 1 is 1.39 bits per heavy atom. The van der Waals surface area contributed by atoms with Crippen molar-refractivity contribution in [2.75, 3.05) is 0 Å². The monoisotopic (exact) mass is 244 g/mol. The summed E-state index contributed by atoms with van der Waals surface area (Å²) in [5.74, 6) is 1.40. The summed E-state index contributed by atoms with van der Waals surface area (Å²) in [5.41, 5.74) is -0.939. The van der Waals surface area contributed by atoms with Crippen molar-refractivity contribution >= 4 is 5.97 Å². The highest BCUT2D eigenvalue weighted by atomic mass is 16.6. The van der Waals surface area contributed by atoms with Crippen molar-refractivity contribution in [1.29, 1.82) is 0 Å². The third kappa shape index (κ3) is 0.920. The highest BCUT2D eigenvalue weighted by Gasteiger charge is 2.80. The Balaban J connectivity index is 2.14. The molecule has 2 nitrogen and oxygen atoms in total. The zero-order valence-electron chi connectivity index (χ0n) is 10.9. The zero-order chi connectivity index (χ0) is 13.1. The lowest BCUT2D eigenvalue weighted by Gasteiger charge is -2.54. The molecule has 1 aliphatic heterocycles. The van der Waals surface area contributed by atoms with Crippen molar-refractivity contribution in [1.82, 2.24) is 0 Å². The Bertz CT molecular complexity index is 452. The zero-order valence-corrected chi connectivity index (χ0v) is 10.9. The van der Waals surface area contributed by atoms with Crippen LogP contribution in [0.4, 0.5) is 0 Å². The predicted molar refractivity (Wildman–Crippen MR) is 70.7 cm³/mol. The van der Waals surface area contributed by atoms with Gasteiger partial charge in [0.2, 0.25) is 0 Å². The summed E-state index contributed by atoms with van der Waals surface area (Å²) in [6.45, 7) is 13.9. The standard InChI is InChI=1S/C16H20O2/c1-5-10-9-15(7-3)13-12(10)11(6-2)16(13,8-4)14(17)18-15/h5,7-8,10-13H,1,3-4,6,9H2,2H3/t10-,11-,12-,13+,15-,16+/m1/s1. The first-order valence-electron chi connectivity index (χ1n) is 6.74. The molecule has 0 radical (unpaired) electrons. The van der Waals surface area contributed by atoms with E-state index in [2.05, 4.69) is 26.7 Å². The molecule has 1 heterocycles. The summed E-state index contributed by atoms with van der Waals surface area (Å²) in [7, 11) is 0. The number of esters is 1. The van der Waals surface area contributed by atoms with Crippen LogP contribution in [0.1, 0.15) is 19.8 Å². The van der Waals surface area contributed by atoms with Gasteiger partial charge < -0.3 is 4.74 Å². The smallest absolute Gasteiger partial charge is 0.317 e. The van der Waals surface area contributed by atoms with Gasteiger partial charge in [0.05, 0.1) is 5.41 Å². The molecule has 2 aliphatic carbocycles. The van der Waals surface area contributed by atoms with E-state index in [-0.39, 0.29) is 11.9 Å². The lowest BCUT2D eigenvalue weighted by atomic mass is 9.45. The van der Waals surface area contributed by atoms with E-state index < -0.39 is 11.0 Å². The average molecular weight is 244 g/mol. The van der Waals surface area contributed by atoms with E-state index in [0.29, 0.717) is 17.8 Å². The number of hydrogen-bond acceptors (Lipinski definition) is 2. The quantitative estimate of drug-likeness (QED) is 0.561. The van der Waals surface area contributed by atoms with Gasteiger partial charge >= 0.3 is 5.97 Å². The third-order valence-electron chi connectivity index (χ3n) is 5.62. The summed E-state index contributed by atoms with van der Waals surface area (Å²) in [6, 6.07) is 0. The van der Waals surface area contributed by atoms with E-state index in [9.17, 15) is 4.79 Å². The minimum Gasteiger partial charge on any atom is -0.454 e. The van der Waals surface area contributed by atoms with Gasteiger partial charge in [0, 0.05) is 5.92 Å². The van der Waals surface area contributed by atoms with Crippen molar-refractivity contribution in [3.8, 4) is 0 Å². The molecule has 0 unspecified atom stereocenters. The fourth-order valence-electron chi connectivity index (χ4n) is 5.00. The highest BCUT2D eigenvalue weighted by molar-refractivity contribution is 5.86. The van der Waals surface area contributed by atoms with Crippen LogP contribution >= 0.6 is 0 Å². The van der Waals surface area contributed by atoms with Gasteiger partial charge in [-0.15, -0.1) is 13.2 Å².